The lowest BCUT2D eigenvalue weighted by Gasteiger charge is -2.35. The van der Waals surface area contributed by atoms with Crippen molar-refractivity contribution in [3.8, 4) is 0 Å². The van der Waals surface area contributed by atoms with Crippen molar-refractivity contribution in [3.63, 3.8) is 0 Å². The Morgan fingerprint density at radius 3 is 2.26 bits per heavy atom. The summed E-state index contributed by atoms with van der Waals surface area (Å²) >= 11 is 0. The van der Waals surface area contributed by atoms with Crippen LogP contribution in [0.5, 0.6) is 0 Å². The van der Waals surface area contributed by atoms with Crippen LogP contribution in [0.15, 0.2) is 30.3 Å². The van der Waals surface area contributed by atoms with Crippen LogP contribution >= 0.6 is 0 Å². The molecule has 6 heteroatoms. The first-order valence-corrected chi connectivity index (χ1v) is 7.89. The first kappa shape index (κ1) is 17.3. The van der Waals surface area contributed by atoms with Crippen molar-refractivity contribution in [2.45, 2.75) is 26.4 Å². The third-order valence-corrected chi connectivity index (χ3v) is 3.45. The second kappa shape index (κ2) is 7.46. The van der Waals surface area contributed by atoms with Crippen LogP contribution in [0, 0.1) is 0 Å². The predicted octanol–water partition coefficient (Wildman–Crippen LogP) is 2.18. The summed E-state index contributed by atoms with van der Waals surface area (Å²) in [7, 11) is 0. The van der Waals surface area contributed by atoms with Gasteiger partial charge in [0.2, 0.25) is 5.91 Å². The first-order valence-electron chi connectivity index (χ1n) is 7.89. The predicted molar refractivity (Wildman–Crippen MR) is 89.3 cm³/mol. The SMILES string of the molecule is CC(C)(C)OC(=O)N1CCN(CC(=O)Nc2ccccc2)CC1. The Hall–Kier alpha value is -2.08. The van der Waals surface area contributed by atoms with Crippen LogP contribution in [-0.4, -0.2) is 60.1 Å². The maximum absolute atomic E-state index is 12.0. The summed E-state index contributed by atoms with van der Waals surface area (Å²) in [5.41, 5.74) is 0.314. The van der Waals surface area contributed by atoms with Gasteiger partial charge in [-0.3, -0.25) is 9.69 Å². The second-order valence-electron chi connectivity index (χ2n) is 6.66. The van der Waals surface area contributed by atoms with Gasteiger partial charge >= 0.3 is 6.09 Å². The van der Waals surface area contributed by atoms with Crippen LogP contribution in [-0.2, 0) is 9.53 Å². The molecule has 1 heterocycles. The van der Waals surface area contributed by atoms with E-state index in [4.69, 9.17) is 4.74 Å². The molecule has 2 amide bonds. The minimum Gasteiger partial charge on any atom is -0.444 e. The molecule has 2 rings (SSSR count). The van der Waals surface area contributed by atoms with E-state index in [0.29, 0.717) is 32.7 Å². The van der Waals surface area contributed by atoms with Crippen LogP contribution in [0.3, 0.4) is 0 Å². The molecule has 1 saturated heterocycles. The summed E-state index contributed by atoms with van der Waals surface area (Å²) in [5, 5.41) is 2.87. The summed E-state index contributed by atoms with van der Waals surface area (Å²) in [6, 6.07) is 9.40. The molecule has 0 aromatic heterocycles. The lowest BCUT2D eigenvalue weighted by Crippen LogP contribution is -2.51. The van der Waals surface area contributed by atoms with E-state index in [2.05, 4.69) is 5.32 Å². The fourth-order valence-corrected chi connectivity index (χ4v) is 2.34. The molecule has 1 aromatic carbocycles. The summed E-state index contributed by atoms with van der Waals surface area (Å²) < 4.78 is 5.36. The lowest BCUT2D eigenvalue weighted by molar-refractivity contribution is -0.117. The molecule has 1 aromatic rings. The number of carbonyl (C=O) groups is 2. The van der Waals surface area contributed by atoms with E-state index in [-0.39, 0.29) is 12.0 Å². The van der Waals surface area contributed by atoms with Gasteiger partial charge in [0.1, 0.15) is 5.60 Å². The van der Waals surface area contributed by atoms with Gasteiger partial charge in [-0.05, 0) is 32.9 Å². The quantitative estimate of drug-likeness (QED) is 0.927. The van der Waals surface area contributed by atoms with Crippen molar-refractivity contribution in [2.75, 3.05) is 38.0 Å². The van der Waals surface area contributed by atoms with E-state index >= 15 is 0 Å². The summed E-state index contributed by atoms with van der Waals surface area (Å²) in [6.45, 7) is 8.39. The van der Waals surface area contributed by atoms with Gasteiger partial charge in [0.15, 0.2) is 0 Å². The van der Waals surface area contributed by atoms with Crippen molar-refractivity contribution in [2.24, 2.45) is 0 Å². The first-order chi connectivity index (χ1) is 10.8. The van der Waals surface area contributed by atoms with E-state index in [1.807, 2.05) is 56.0 Å². The van der Waals surface area contributed by atoms with Crippen LogP contribution in [0.1, 0.15) is 20.8 Å². The minimum atomic E-state index is -0.482. The maximum Gasteiger partial charge on any atom is 0.410 e. The Morgan fingerprint density at radius 1 is 1.09 bits per heavy atom. The van der Waals surface area contributed by atoms with E-state index in [0.717, 1.165) is 5.69 Å². The molecular weight excluding hydrogens is 294 g/mol. The molecule has 0 aliphatic carbocycles. The number of para-hydroxylation sites is 1. The molecule has 1 N–H and O–H groups in total. The molecule has 0 spiro atoms. The zero-order valence-electron chi connectivity index (χ0n) is 14.0. The third-order valence-electron chi connectivity index (χ3n) is 3.45. The highest BCUT2D eigenvalue weighted by molar-refractivity contribution is 5.92. The molecule has 126 valence electrons. The molecular formula is C17H25N3O3. The molecule has 1 fully saturated rings. The van der Waals surface area contributed by atoms with Gasteiger partial charge in [-0.15, -0.1) is 0 Å². The van der Waals surface area contributed by atoms with E-state index in [1.54, 1.807) is 4.90 Å². The van der Waals surface area contributed by atoms with Crippen LogP contribution in [0.2, 0.25) is 0 Å². The Bertz CT molecular complexity index is 532. The number of benzene rings is 1. The monoisotopic (exact) mass is 319 g/mol. The highest BCUT2D eigenvalue weighted by Gasteiger charge is 2.26. The number of anilines is 1. The van der Waals surface area contributed by atoms with Gasteiger partial charge in [0, 0.05) is 31.9 Å². The van der Waals surface area contributed by atoms with Crippen LogP contribution in [0.4, 0.5) is 10.5 Å². The summed E-state index contributed by atoms with van der Waals surface area (Å²) in [4.78, 5) is 27.7. The van der Waals surface area contributed by atoms with Crippen molar-refractivity contribution in [1.29, 1.82) is 0 Å². The molecule has 0 bridgehead atoms. The van der Waals surface area contributed by atoms with Gasteiger partial charge in [-0.25, -0.2) is 4.79 Å². The van der Waals surface area contributed by atoms with Crippen molar-refractivity contribution < 1.29 is 14.3 Å². The number of nitrogens with zero attached hydrogens (tertiary/aromatic N) is 2. The average molecular weight is 319 g/mol. The molecule has 23 heavy (non-hydrogen) atoms. The standard InChI is InChI=1S/C17H25N3O3/c1-17(2,3)23-16(22)20-11-9-19(10-12-20)13-15(21)18-14-7-5-4-6-8-14/h4-8H,9-13H2,1-3H3,(H,18,21). The third kappa shape index (κ3) is 5.90. The number of nitrogens with one attached hydrogen (secondary N) is 1. The zero-order valence-corrected chi connectivity index (χ0v) is 14.0. The number of piperazine rings is 1. The number of hydrogen-bond donors (Lipinski definition) is 1. The Balaban J connectivity index is 1.74. The fourth-order valence-electron chi connectivity index (χ4n) is 2.34. The highest BCUT2D eigenvalue weighted by Crippen LogP contribution is 2.12. The number of ether oxygens (including phenoxy) is 1. The number of amides is 2. The number of carbonyl (C=O) groups excluding carboxylic acids is 2. The van der Waals surface area contributed by atoms with E-state index < -0.39 is 5.60 Å². The topological polar surface area (TPSA) is 61.9 Å². The van der Waals surface area contributed by atoms with Crippen molar-refractivity contribution >= 4 is 17.7 Å². The highest BCUT2D eigenvalue weighted by atomic mass is 16.6. The smallest absolute Gasteiger partial charge is 0.410 e. The van der Waals surface area contributed by atoms with Gasteiger partial charge < -0.3 is 15.0 Å². The maximum atomic E-state index is 12.0. The van der Waals surface area contributed by atoms with E-state index in [9.17, 15) is 9.59 Å². The molecule has 0 atom stereocenters. The number of rotatable bonds is 3. The molecule has 1 aliphatic rings. The minimum absolute atomic E-state index is 0.0399. The van der Waals surface area contributed by atoms with Gasteiger partial charge in [0.25, 0.3) is 0 Å². The fraction of sp³-hybridized carbons (Fsp3) is 0.529. The number of hydrogen-bond acceptors (Lipinski definition) is 4. The summed E-state index contributed by atoms with van der Waals surface area (Å²) in [6.07, 6.45) is -0.286. The van der Waals surface area contributed by atoms with Gasteiger partial charge in [0.05, 0.1) is 6.54 Å². The average Bonchev–Trinajstić information content (AvgIpc) is 2.47. The zero-order chi connectivity index (χ0) is 16.9. The van der Waals surface area contributed by atoms with Crippen LogP contribution < -0.4 is 5.32 Å². The molecule has 0 unspecified atom stereocenters. The Morgan fingerprint density at radius 2 is 1.70 bits per heavy atom. The second-order valence-corrected chi connectivity index (χ2v) is 6.66. The molecule has 6 nitrogen and oxygen atoms in total. The van der Waals surface area contributed by atoms with Gasteiger partial charge in [-0.2, -0.15) is 0 Å². The van der Waals surface area contributed by atoms with Crippen molar-refractivity contribution in [1.82, 2.24) is 9.80 Å². The lowest BCUT2D eigenvalue weighted by atomic mass is 10.2. The molecule has 0 radical (unpaired) electrons. The molecule has 1 aliphatic heterocycles. The normalized spacial score (nSPS) is 16.0. The molecule has 0 saturated carbocycles. The summed E-state index contributed by atoms with van der Waals surface area (Å²) in [5.74, 6) is -0.0399. The van der Waals surface area contributed by atoms with Gasteiger partial charge in [-0.1, -0.05) is 18.2 Å². The Kier molecular flexibility index (Phi) is 5.60. The Labute approximate surface area is 137 Å². The largest absolute Gasteiger partial charge is 0.444 e. The van der Waals surface area contributed by atoms with E-state index in [1.165, 1.54) is 0 Å². The van der Waals surface area contributed by atoms with Crippen LogP contribution in [0.25, 0.3) is 0 Å². The van der Waals surface area contributed by atoms with Crippen molar-refractivity contribution in [3.05, 3.63) is 30.3 Å².